The maximum Gasteiger partial charge on any atom is 0.267 e. The van der Waals surface area contributed by atoms with Crippen LogP contribution in [0.2, 0.25) is 6.04 Å². The fraction of sp³-hybridized carbons (Fsp3) is 0.833. The summed E-state index contributed by atoms with van der Waals surface area (Å²) in [5.74, 6) is 0. The average molecular weight is 159 g/mol. The minimum Gasteiger partial charge on any atom is -0.486 e. The number of carbonyl (C=O) groups is 1. The first kappa shape index (κ1) is 7.75. The van der Waals surface area contributed by atoms with Gasteiger partial charge in [-0.1, -0.05) is 6.92 Å². The van der Waals surface area contributed by atoms with E-state index in [0.717, 1.165) is 12.6 Å². The zero-order chi connectivity index (χ0) is 7.72. The topological polar surface area (TPSA) is 40.5 Å². The minimum absolute atomic E-state index is 0.345. The van der Waals surface area contributed by atoms with Crippen LogP contribution in [0.3, 0.4) is 0 Å². The van der Waals surface area contributed by atoms with Gasteiger partial charge < -0.3 is 10.0 Å². The van der Waals surface area contributed by atoms with Gasteiger partial charge in [0.1, 0.15) is 0 Å². The van der Waals surface area contributed by atoms with Crippen molar-refractivity contribution in [2.45, 2.75) is 18.6 Å². The van der Waals surface area contributed by atoms with E-state index in [1.165, 1.54) is 0 Å². The van der Waals surface area contributed by atoms with Crippen molar-refractivity contribution in [1.29, 1.82) is 0 Å². The Kier molecular flexibility index (Phi) is 2.10. The van der Waals surface area contributed by atoms with Crippen LogP contribution in [0, 0.1) is 0 Å². The zero-order valence-corrected chi connectivity index (χ0v) is 7.53. The van der Waals surface area contributed by atoms with Crippen LogP contribution in [0.5, 0.6) is 0 Å². The number of hydrogen-bond acceptors (Lipinski definition) is 2. The molecule has 1 N–H and O–H groups in total. The van der Waals surface area contributed by atoms with Crippen LogP contribution < -0.4 is 0 Å². The van der Waals surface area contributed by atoms with Crippen molar-refractivity contribution < 1.29 is 9.90 Å². The highest BCUT2D eigenvalue weighted by Gasteiger charge is 2.35. The van der Waals surface area contributed by atoms with Crippen LogP contribution in [0.25, 0.3) is 0 Å². The molecule has 1 saturated heterocycles. The van der Waals surface area contributed by atoms with E-state index in [-0.39, 0.29) is 0 Å². The molecule has 58 valence electrons. The highest BCUT2D eigenvalue weighted by atomic mass is 28.3. The van der Waals surface area contributed by atoms with Crippen molar-refractivity contribution in [3.63, 3.8) is 0 Å². The number of nitrogens with zero attached hydrogens (tertiary/aromatic N) is 1. The van der Waals surface area contributed by atoms with Gasteiger partial charge in [0.25, 0.3) is 5.59 Å². The monoisotopic (exact) mass is 159 g/mol. The lowest BCUT2D eigenvalue weighted by Gasteiger charge is -2.15. The lowest BCUT2D eigenvalue weighted by Crippen LogP contribution is -2.37. The van der Waals surface area contributed by atoms with E-state index in [9.17, 15) is 4.79 Å². The molecular formula is C6H13NO2Si. The largest absolute Gasteiger partial charge is 0.486 e. The third kappa shape index (κ3) is 1.22. The van der Waals surface area contributed by atoms with Crippen LogP contribution in [0.4, 0.5) is 4.79 Å². The summed E-state index contributed by atoms with van der Waals surface area (Å²) >= 11 is 0. The molecule has 1 aliphatic rings. The molecule has 0 aromatic carbocycles. The van der Waals surface area contributed by atoms with Gasteiger partial charge in [0.15, 0.2) is 8.80 Å². The third-order valence-corrected chi connectivity index (χ3v) is 5.58. The Morgan fingerprint density at radius 2 is 2.40 bits per heavy atom. The molecule has 1 rings (SSSR count). The summed E-state index contributed by atoms with van der Waals surface area (Å²) in [5, 5.41) is 8.74. The Labute approximate surface area is 62.3 Å². The molecule has 0 bridgehead atoms. The molecule has 2 unspecified atom stereocenters. The van der Waals surface area contributed by atoms with Gasteiger partial charge >= 0.3 is 0 Å². The summed E-state index contributed by atoms with van der Waals surface area (Å²) in [4.78, 5) is 12.7. The Bertz CT molecular complexity index is 151. The molecule has 0 amide bonds. The molecule has 4 heteroatoms. The number of rotatable bonds is 1. The molecule has 1 aliphatic heterocycles. The molecule has 0 saturated carbocycles. The maximum atomic E-state index is 10.6. The summed E-state index contributed by atoms with van der Waals surface area (Å²) in [5.41, 5.74) is -0.172. The standard InChI is InChI=1S/C6H13NO2Si/c1-5-7(2)3-4-10(5)6(8)9/h5,10H,3-4H2,1-2H3,(H,8,9). The minimum atomic E-state index is -1.46. The second-order valence-electron chi connectivity index (χ2n) is 2.95. The molecule has 0 aliphatic carbocycles. The van der Waals surface area contributed by atoms with Gasteiger partial charge in [-0.05, 0) is 19.6 Å². The second kappa shape index (κ2) is 2.71. The van der Waals surface area contributed by atoms with E-state index in [4.69, 9.17) is 5.11 Å². The van der Waals surface area contributed by atoms with E-state index in [2.05, 4.69) is 4.90 Å². The van der Waals surface area contributed by atoms with E-state index in [0.29, 0.717) is 5.67 Å². The Morgan fingerprint density at radius 3 is 2.60 bits per heavy atom. The van der Waals surface area contributed by atoms with Gasteiger partial charge in [0, 0.05) is 5.67 Å². The Hall–Kier alpha value is -0.353. The van der Waals surface area contributed by atoms with Crippen molar-refractivity contribution in [2.75, 3.05) is 13.6 Å². The summed E-state index contributed by atoms with van der Waals surface area (Å²) in [7, 11) is 0.537. The van der Waals surface area contributed by atoms with Gasteiger partial charge in [-0.3, -0.25) is 4.79 Å². The van der Waals surface area contributed by atoms with Crippen LogP contribution in [0.1, 0.15) is 6.92 Å². The van der Waals surface area contributed by atoms with Gasteiger partial charge in [-0.25, -0.2) is 0 Å². The first-order valence-electron chi connectivity index (χ1n) is 3.56. The van der Waals surface area contributed by atoms with Gasteiger partial charge in [-0.15, -0.1) is 0 Å². The molecular weight excluding hydrogens is 146 g/mol. The second-order valence-corrected chi connectivity index (χ2v) is 6.20. The van der Waals surface area contributed by atoms with E-state index >= 15 is 0 Å². The number of carboxylic acid groups (broad SMARTS) is 1. The fourth-order valence-electron chi connectivity index (χ4n) is 1.42. The molecule has 0 spiro atoms. The zero-order valence-electron chi connectivity index (χ0n) is 6.37. The van der Waals surface area contributed by atoms with Crippen LogP contribution in [0.15, 0.2) is 0 Å². The van der Waals surface area contributed by atoms with Gasteiger partial charge in [-0.2, -0.15) is 0 Å². The summed E-state index contributed by atoms with van der Waals surface area (Å²) in [6, 6.07) is 0.938. The normalized spacial score (nSPS) is 34.6. The highest BCUT2D eigenvalue weighted by molar-refractivity contribution is 6.89. The van der Waals surface area contributed by atoms with Crippen LogP contribution >= 0.6 is 0 Å². The highest BCUT2D eigenvalue weighted by Crippen LogP contribution is 2.15. The summed E-state index contributed by atoms with van der Waals surface area (Å²) < 4.78 is 0. The molecule has 2 atom stereocenters. The first-order valence-corrected chi connectivity index (χ1v) is 5.62. The van der Waals surface area contributed by atoms with Crippen LogP contribution in [-0.4, -0.2) is 43.7 Å². The van der Waals surface area contributed by atoms with E-state index in [1.807, 2.05) is 14.0 Å². The number of hydrogen-bond donors (Lipinski definition) is 1. The van der Waals surface area contributed by atoms with E-state index < -0.39 is 14.4 Å². The molecule has 3 nitrogen and oxygen atoms in total. The first-order chi connectivity index (χ1) is 4.63. The fourth-order valence-corrected chi connectivity index (χ4v) is 4.02. The van der Waals surface area contributed by atoms with Crippen molar-refractivity contribution in [3.8, 4) is 0 Å². The smallest absolute Gasteiger partial charge is 0.267 e. The third-order valence-electron chi connectivity index (χ3n) is 2.39. The SMILES string of the molecule is CC1N(C)CC[SiH]1C(=O)O. The Morgan fingerprint density at radius 1 is 1.80 bits per heavy atom. The molecule has 0 aromatic heterocycles. The molecule has 1 heterocycles. The molecule has 0 aromatic rings. The Balaban J connectivity index is 2.57. The van der Waals surface area contributed by atoms with Crippen molar-refractivity contribution >= 4 is 14.4 Å². The lowest BCUT2D eigenvalue weighted by molar-refractivity contribution is 0.218. The van der Waals surface area contributed by atoms with Crippen molar-refractivity contribution in [2.24, 2.45) is 0 Å². The van der Waals surface area contributed by atoms with Gasteiger partial charge in [0.05, 0.1) is 0 Å². The molecule has 0 radical (unpaired) electrons. The average Bonchev–Trinajstić information content (AvgIpc) is 2.14. The quantitative estimate of drug-likeness (QED) is 0.561. The van der Waals surface area contributed by atoms with E-state index in [1.54, 1.807) is 0 Å². The summed E-state index contributed by atoms with van der Waals surface area (Å²) in [6.45, 7) is 3.00. The summed E-state index contributed by atoms with van der Waals surface area (Å²) in [6.07, 6.45) is 0. The predicted octanol–water partition coefficient (Wildman–Crippen LogP) is 0.346. The maximum absolute atomic E-state index is 10.6. The molecule has 1 fully saturated rings. The predicted molar refractivity (Wildman–Crippen MR) is 42.1 cm³/mol. The lowest BCUT2D eigenvalue weighted by atomic mass is 10.6. The molecule has 10 heavy (non-hydrogen) atoms. The van der Waals surface area contributed by atoms with Crippen LogP contribution in [-0.2, 0) is 0 Å². The van der Waals surface area contributed by atoms with Crippen molar-refractivity contribution in [1.82, 2.24) is 4.90 Å². The van der Waals surface area contributed by atoms with Crippen molar-refractivity contribution in [3.05, 3.63) is 0 Å². The van der Waals surface area contributed by atoms with Gasteiger partial charge in [0.2, 0.25) is 0 Å².